The van der Waals surface area contributed by atoms with Crippen molar-refractivity contribution >= 4 is 17.0 Å². The zero-order valence-corrected chi connectivity index (χ0v) is 11.7. The van der Waals surface area contributed by atoms with E-state index in [1.807, 2.05) is 35.8 Å². The minimum Gasteiger partial charge on any atom is -0.497 e. The van der Waals surface area contributed by atoms with Gasteiger partial charge in [-0.1, -0.05) is 6.07 Å². The Hall–Kier alpha value is -2.82. The SMILES string of the molecule is COc1cccc(-n2c(C)nc3ccc(C(=O)O)cc32)c1. The van der Waals surface area contributed by atoms with Crippen molar-refractivity contribution in [1.82, 2.24) is 9.55 Å². The van der Waals surface area contributed by atoms with Crippen molar-refractivity contribution in [2.45, 2.75) is 6.92 Å². The normalized spacial score (nSPS) is 10.8. The number of aromatic nitrogens is 2. The molecule has 1 heterocycles. The Kier molecular flexibility index (Phi) is 3.10. The van der Waals surface area contributed by atoms with E-state index in [1.54, 1.807) is 25.3 Å². The standard InChI is InChI=1S/C16H14N2O3/c1-10-17-14-7-6-11(16(19)20)8-15(14)18(10)12-4-3-5-13(9-12)21-2/h3-9H,1-2H3,(H,19,20). The van der Waals surface area contributed by atoms with E-state index in [0.717, 1.165) is 28.3 Å². The number of carbonyl (C=O) groups is 1. The Morgan fingerprint density at radius 1 is 1.24 bits per heavy atom. The predicted molar refractivity (Wildman–Crippen MR) is 79.3 cm³/mol. The van der Waals surface area contributed by atoms with Crippen LogP contribution in [-0.2, 0) is 0 Å². The van der Waals surface area contributed by atoms with Crippen LogP contribution in [0.4, 0.5) is 0 Å². The highest BCUT2D eigenvalue weighted by atomic mass is 16.5. The van der Waals surface area contributed by atoms with Crippen LogP contribution in [0.2, 0.25) is 0 Å². The number of carboxylic acids is 1. The van der Waals surface area contributed by atoms with Gasteiger partial charge in [0, 0.05) is 6.07 Å². The Bertz CT molecular complexity index is 837. The third kappa shape index (κ3) is 2.23. The molecule has 0 spiro atoms. The lowest BCUT2D eigenvalue weighted by Crippen LogP contribution is -1.99. The third-order valence-corrected chi connectivity index (χ3v) is 3.38. The van der Waals surface area contributed by atoms with Crippen LogP contribution in [0.3, 0.4) is 0 Å². The molecule has 5 nitrogen and oxygen atoms in total. The molecule has 3 aromatic rings. The molecule has 0 aliphatic heterocycles. The molecule has 5 heteroatoms. The summed E-state index contributed by atoms with van der Waals surface area (Å²) in [5.74, 6) is 0.580. The smallest absolute Gasteiger partial charge is 0.335 e. The Morgan fingerprint density at radius 3 is 2.76 bits per heavy atom. The van der Waals surface area contributed by atoms with E-state index in [4.69, 9.17) is 9.84 Å². The highest BCUT2D eigenvalue weighted by Crippen LogP contribution is 2.24. The fourth-order valence-corrected chi connectivity index (χ4v) is 2.40. The minimum absolute atomic E-state index is 0.242. The Morgan fingerprint density at radius 2 is 2.05 bits per heavy atom. The largest absolute Gasteiger partial charge is 0.497 e. The maximum atomic E-state index is 11.1. The molecular weight excluding hydrogens is 268 g/mol. The van der Waals surface area contributed by atoms with Gasteiger partial charge in [-0.05, 0) is 37.3 Å². The summed E-state index contributed by atoms with van der Waals surface area (Å²) in [5, 5.41) is 9.15. The van der Waals surface area contributed by atoms with Gasteiger partial charge in [0.15, 0.2) is 0 Å². The first-order valence-corrected chi connectivity index (χ1v) is 6.47. The van der Waals surface area contributed by atoms with Gasteiger partial charge in [-0.25, -0.2) is 9.78 Å². The average Bonchev–Trinajstić information content (AvgIpc) is 2.82. The van der Waals surface area contributed by atoms with Crippen molar-refractivity contribution in [2.24, 2.45) is 0 Å². The molecule has 0 atom stereocenters. The minimum atomic E-state index is -0.951. The zero-order valence-electron chi connectivity index (χ0n) is 11.7. The lowest BCUT2D eigenvalue weighted by Gasteiger charge is -2.09. The molecule has 106 valence electrons. The van der Waals surface area contributed by atoms with Crippen LogP contribution in [0, 0.1) is 6.92 Å². The van der Waals surface area contributed by atoms with Crippen LogP contribution in [-0.4, -0.2) is 27.7 Å². The monoisotopic (exact) mass is 282 g/mol. The number of aryl methyl sites for hydroxylation is 1. The maximum Gasteiger partial charge on any atom is 0.335 e. The third-order valence-electron chi connectivity index (χ3n) is 3.38. The fraction of sp³-hybridized carbons (Fsp3) is 0.125. The molecule has 1 N–H and O–H groups in total. The molecule has 0 saturated heterocycles. The average molecular weight is 282 g/mol. The summed E-state index contributed by atoms with van der Waals surface area (Å²) in [4.78, 5) is 15.6. The van der Waals surface area contributed by atoms with Gasteiger partial charge >= 0.3 is 5.97 Å². The molecule has 0 radical (unpaired) electrons. The zero-order chi connectivity index (χ0) is 15.0. The second-order valence-corrected chi connectivity index (χ2v) is 4.70. The van der Waals surface area contributed by atoms with E-state index in [1.165, 1.54) is 0 Å². The maximum absolute atomic E-state index is 11.1. The number of hydrogen-bond donors (Lipinski definition) is 1. The summed E-state index contributed by atoms with van der Waals surface area (Å²) in [6.07, 6.45) is 0. The second-order valence-electron chi connectivity index (χ2n) is 4.70. The number of fused-ring (bicyclic) bond motifs is 1. The summed E-state index contributed by atoms with van der Waals surface area (Å²) < 4.78 is 7.16. The lowest BCUT2D eigenvalue weighted by atomic mass is 10.2. The van der Waals surface area contributed by atoms with E-state index in [9.17, 15) is 4.79 Å². The first-order valence-electron chi connectivity index (χ1n) is 6.47. The fourth-order valence-electron chi connectivity index (χ4n) is 2.40. The van der Waals surface area contributed by atoms with Crippen LogP contribution in [0.1, 0.15) is 16.2 Å². The quantitative estimate of drug-likeness (QED) is 0.802. The lowest BCUT2D eigenvalue weighted by molar-refractivity contribution is 0.0697. The molecule has 21 heavy (non-hydrogen) atoms. The number of ether oxygens (including phenoxy) is 1. The topological polar surface area (TPSA) is 64.4 Å². The van der Waals surface area contributed by atoms with Gasteiger partial charge in [-0.2, -0.15) is 0 Å². The highest BCUT2D eigenvalue weighted by molar-refractivity contribution is 5.93. The van der Waals surface area contributed by atoms with E-state index >= 15 is 0 Å². The summed E-state index contributed by atoms with van der Waals surface area (Å²) in [6.45, 7) is 1.89. The molecule has 0 saturated carbocycles. The van der Waals surface area contributed by atoms with E-state index < -0.39 is 5.97 Å². The van der Waals surface area contributed by atoms with Crippen LogP contribution in [0.25, 0.3) is 16.7 Å². The number of rotatable bonds is 3. The van der Waals surface area contributed by atoms with E-state index in [2.05, 4.69) is 4.98 Å². The first kappa shape index (κ1) is 13.2. The van der Waals surface area contributed by atoms with E-state index in [-0.39, 0.29) is 5.56 Å². The number of carboxylic acid groups (broad SMARTS) is 1. The first-order chi connectivity index (χ1) is 10.1. The molecule has 0 amide bonds. The molecule has 1 aromatic heterocycles. The van der Waals surface area contributed by atoms with Gasteiger partial charge in [0.05, 0.1) is 29.4 Å². The Balaban J connectivity index is 2.27. The van der Waals surface area contributed by atoms with E-state index in [0.29, 0.717) is 0 Å². The van der Waals surface area contributed by atoms with Gasteiger partial charge in [0.1, 0.15) is 11.6 Å². The van der Waals surface area contributed by atoms with Crippen LogP contribution < -0.4 is 4.74 Å². The molecule has 0 fully saturated rings. The summed E-state index contributed by atoms with van der Waals surface area (Å²) >= 11 is 0. The molecule has 0 aliphatic rings. The van der Waals surface area contributed by atoms with Crippen molar-refractivity contribution in [2.75, 3.05) is 7.11 Å². The van der Waals surface area contributed by atoms with Gasteiger partial charge in [0.2, 0.25) is 0 Å². The van der Waals surface area contributed by atoms with Crippen molar-refractivity contribution in [3.8, 4) is 11.4 Å². The van der Waals surface area contributed by atoms with Crippen LogP contribution >= 0.6 is 0 Å². The number of imidazole rings is 1. The Labute approximate surface area is 121 Å². The molecule has 2 aromatic carbocycles. The summed E-state index contributed by atoms with van der Waals surface area (Å²) in [5.41, 5.74) is 2.66. The number of nitrogens with zero attached hydrogens (tertiary/aromatic N) is 2. The molecule has 3 rings (SSSR count). The molecule has 0 bridgehead atoms. The number of benzene rings is 2. The molecule has 0 unspecified atom stereocenters. The molecular formula is C16H14N2O3. The summed E-state index contributed by atoms with van der Waals surface area (Å²) in [7, 11) is 1.61. The van der Waals surface area contributed by atoms with Gasteiger partial charge in [0.25, 0.3) is 0 Å². The van der Waals surface area contributed by atoms with Crippen molar-refractivity contribution in [3.63, 3.8) is 0 Å². The highest BCUT2D eigenvalue weighted by Gasteiger charge is 2.12. The van der Waals surface area contributed by atoms with Crippen molar-refractivity contribution in [1.29, 1.82) is 0 Å². The summed E-state index contributed by atoms with van der Waals surface area (Å²) in [6, 6.07) is 12.5. The van der Waals surface area contributed by atoms with Gasteiger partial charge in [-0.15, -0.1) is 0 Å². The second kappa shape index (κ2) is 4.94. The predicted octanol–water partition coefficient (Wildman–Crippen LogP) is 3.04. The van der Waals surface area contributed by atoms with Gasteiger partial charge < -0.3 is 9.84 Å². The van der Waals surface area contributed by atoms with Crippen molar-refractivity contribution < 1.29 is 14.6 Å². The van der Waals surface area contributed by atoms with Crippen LogP contribution in [0.15, 0.2) is 42.5 Å². The number of methoxy groups -OCH3 is 1. The number of aromatic carboxylic acids is 1. The van der Waals surface area contributed by atoms with Gasteiger partial charge in [-0.3, -0.25) is 4.57 Å². The number of hydrogen-bond acceptors (Lipinski definition) is 3. The van der Waals surface area contributed by atoms with Crippen LogP contribution in [0.5, 0.6) is 5.75 Å². The van der Waals surface area contributed by atoms with Crippen molar-refractivity contribution in [3.05, 3.63) is 53.9 Å². The molecule has 0 aliphatic carbocycles.